The monoisotopic (exact) mass is 277 g/mol. The third kappa shape index (κ3) is 5.72. The quantitative estimate of drug-likeness (QED) is 0.761. The first-order valence-electron chi connectivity index (χ1n) is 7.24. The highest BCUT2D eigenvalue weighted by atomic mass is 16.1. The molecule has 4 heteroatoms. The van der Waals surface area contributed by atoms with Crippen LogP contribution >= 0.6 is 0 Å². The fourth-order valence-corrected chi connectivity index (χ4v) is 2.15. The smallest absolute Gasteiger partial charge is 0.223 e. The molecule has 3 N–H and O–H groups in total. The molecule has 0 saturated carbocycles. The van der Waals surface area contributed by atoms with Crippen molar-refractivity contribution in [2.75, 3.05) is 27.2 Å². The van der Waals surface area contributed by atoms with E-state index < -0.39 is 0 Å². The van der Waals surface area contributed by atoms with Crippen LogP contribution in [0.5, 0.6) is 0 Å². The minimum atomic E-state index is 0.00641. The van der Waals surface area contributed by atoms with Gasteiger partial charge >= 0.3 is 0 Å². The Morgan fingerprint density at radius 1 is 1.30 bits per heavy atom. The molecule has 4 nitrogen and oxygen atoms in total. The van der Waals surface area contributed by atoms with Crippen LogP contribution in [0.1, 0.15) is 31.4 Å². The number of hydrogen-bond acceptors (Lipinski definition) is 3. The van der Waals surface area contributed by atoms with Gasteiger partial charge in [0.2, 0.25) is 5.91 Å². The van der Waals surface area contributed by atoms with Gasteiger partial charge in [0, 0.05) is 12.5 Å². The van der Waals surface area contributed by atoms with Gasteiger partial charge in [-0.05, 0) is 39.0 Å². The molecule has 1 aromatic carbocycles. The normalized spacial score (nSPS) is 14.1. The van der Waals surface area contributed by atoms with Gasteiger partial charge in [-0.2, -0.15) is 0 Å². The number of nitrogens with one attached hydrogen (secondary N) is 1. The van der Waals surface area contributed by atoms with Crippen molar-refractivity contribution in [1.82, 2.24) is 10.2 Å². The molecule has 2 atom stereocenters. The maximum Gasteiger partial charge on any atom is 0.223 e. The van der Waals surface area contributed by atoms with E-state index in [1.807, 2.05) is 39.2 Å². The number of amides is 1. The van der Waals surface area contributed by atoms with Gasteiger partial charge in [0.15, 0.2) is 0 Å². The largest absolute Gasteiger partial charge is 0.348 e. The maximum atomic E-state index is 12.2. The van der Waals surface area contributed by atoms with Crippen LogP contribution in [0.2, 0.25) is 0 Å². The van der Waals surface area contributed by atoms with E-state index in [-0.39, 0.29) is 17.9 Å². The Morgan fingerprint density at radius 2 is 1.95 bits per heavy atom. The topological polar surface area (TPSA) is 58.4 Å². The van der Waals surface area contributed by atoms with Crippen molar-refractivity contribution in [2.24, 2.45) is 11.7 Å². The lowest BCUT2D eigenvalue weighted by Gasteiger charge is -2.24. The van der Waals surface area contributed by atoms with Gasteiger partial charge < -0.3 is 16.0 Å². The highest BCUT2D eigenvalue weighted by Gasteiger charge is 2.19. The lowest BCUT2D eigenvalue weighted by atomic mass is 10.0. The van der Waals surface area contributed by atoms with E-state index in [4.69, 9.17) is 5.73 Å². The molecule has 112 valence electrons. The summed E-state index contributed by atoms with van der Waals surface area (Å²) in [5.41, 5.74) is 6.64. The molecule has 20 heavy (non-hydrogen) atoms. The first-order chi connectivity index (χ1) is 9.54. The molecule has 2 unspecified atom stereocenters. The van der Waals surface area contributed by atoms with Gasteiger partial charge in [-0.3, -0.25) is 4.79 Å². The number of carbonyl (C=O) groups is 1. The predicted octanol–water partition coefficient (Wildman–Crippen LogP) is 1.78. The van der Waals surface area contributed by atoms with E-state index in [0.717, 1.165) is 24.9 Å². The average molecular weight is 277 g/mol. The van der Waals surface area contributed by atoms with Gasteiger partial charge in [0.1, 0.15) is 0 Å². The second-order valence-corrected chi connectivity index (χ2v) is 5.57. The van der Waals surface area contributed by atoms with E-state index in [2.05, 4.69) is 22.3 Å². The van der Waals surface area contributed by atoms with E-state index in [1.54, 1.807) is 0 Å². The third-order valence-corrected chi connectivity index (χ3v) is 3.35. The van der Waals surface area contributed by atoms with Crippen molar-refractivity contribution in [1.29, 1.82) is 0 Å². The first-order valence-corrected chi connectivity index (χ1v) is 7.24. The summed E-state index contributed by atoms with van der Waals surface area (Å²) in [4.78, 5) is 14.3. The van der Waals surface area contributed by atoms with Crippen molar-refractivity contribution in [3.63, 3.8) is 0 Å². The van der Waals surface area contributed by atoms with Crippen LogP contribution in [0, 0.1) is 5.92 Å². The summed E-state index contributed by atoms with van der Waals surface area (Å²) in [6.07, 6.45) is 1.73. The molecule has 0 bridgehead atoms. The summed E-state index contributed by atoms with van der Waals surface area (Å²) in [6, 6.07) is 10.1. The zero-order valence-electron chi connectivity index (χ0n) is 12.8. The van der Waals surface area contributed by atoms with Crippen LogP contribution < -0.4 is 11.1 Å². The fraction of sp³-hybridized carbons (Fsp3) is 0.562. The highest BCUT2D eigenvalue weighted by molar-refractivity contribution is 5.78. The molecular formula is C16H27N3O. The Balaban J connectivity index is 2.68. The number of nitrogens with zero attached hydrogens (tertiary/aromatic N) is 1. The number of rotatable bonds is 8. The fourth-order valence-electron chi connectivity index (χ4n) is 2.15. The van der Waals surface area contributed by atoms with E-state index in [9.17, 15) is 4.79 Å². The Morgan fingerprint density at radius 3 is 2.50 bits per heavy atom. The Bertz CT molecular complexity index is 392. The molecule has 0 aliphatic heterocycles. The van der Waals surface area contributed by atoms with Gasteiger partial charge in [-0.25, -0.2) is 0 Å². The molecule has 0 aliphatic rings. The highest BCUT2D eigenvalue weighted by Crippen LogP contribution is 2.15. The summed E-state index contributed by atoms with van der Waals surface area (Å²) in [5.74, 6) is 0.112. The lowest BCUT2D eigenvalue weighted by molar-refractivity contribution is -0.125. The van der Waals surface area contributed by atoms with Crippen molar-refractivity contribution in [2.45, 2.75) is 25.8 Å². The molecule has 0 spiro atoms. The molecule has 0 saturated heterocycles. The van der Waals surface area contributed by atoms with Gasteiger partial charge in [0.25, 0.3) is 0 Å². The molecule has 0 aromatic heterocycles. The van der Waals surface area contributed by atoms with Crippen LogP contribution in [0.15, 0.2) is 30.3 Å². The number of likely N-dealkylation sites (N-methyl/N-ethyl adjacent to an activating group) is 1. The van der Waals surface area contributed by atoms with Crippen molar-refractivity contribution in [3.8, 4) is 0 Å². The SMILES string of the molecule is CC(CCCN)C(=O)NC(CN(C)C)c1ccccc1. The molecule has 0 fully saturated rings. The third-order valence-electron chi connectivity index (χ3n) is 3.35. The van der Waals surface area contributed by atoms with Crippen LogP contribution in [0.3, 0.4) is 0 Å². The van der Waals surface area contributed by atoms with Crippen LogP contribution in [0.4, 0.5) is 0 Å². The predicted molar refractivity (Wildman–Crippen MR) is 83.3 cm³/mol. The minimum absolute atomic E-state index is 0.00641. The maximum absolute atomic E-state index is 12.2. The van der Waals surface area contributed by atoms with Crippen molar-refractivity contribution >= 4 is 5.91 Å². The molecule has 1 amide bonds. The van der Waals surface area contributed by atoms with Crippen molar-refractivity contribution < 1.29 is 4.79 Å². The summed E-state index contributed by atoms with van der Waals surface area (Å²) in [5, 5.41) is 3.15. The van der Waals surface area contributed by atoms with E-state index >= 15 is 0 Å². The minimum Gasteiger partial charge on any atom is -0.348 e. The average Bonchev–Trinajstić information content (AvgIpc) is 2.44. The zero-order chi connectivity index (χ0) is 15.0. The van der Waals surface area contributed by atoms with Crippen LogP contribution in [-0.2, 0) is 4.79 Å². The van der Waals surface area contributed by atoms with E-state index in [0.29, 0.717) is 6.54 Å². The number of benzene rings is 1. The Hall–Kier alpha value is -1.39. The van der Waals surface area contributed by atoms with Crippen molar-refractivity contribution in [3.05, 3.63) is 35.9 Å². The summed E-state index contributed by atoms with van der Waals surface area (Å²) >= 11 is 0. The summed E-state index contributed by atoms with van der Waals surface area (Å²) < 4.78 is 0. The Kier molecular flexibility index (Phi) is 7.26. The molecule has 1 aromatic rings. The summed E-state index contributed by atoms with van der Waals surface area (Å²) in [6.45, 7) is 3.39. The first kappa shape index (κ1) is 16.7. The second kappa shape index (κ2) is 8.72. The number of hydrogen-bond donors (Lipinski definition) is 2. The second-order valence-electron chi connectivity index (χ2n) is 5.57. The molecule has 0 aliphatic carbocycles. The standard InChI is InChI=1S/C16H27N3O/c1-13(8-7-11-17)16(20)18-15(12-19(2)3)14-9-5-4-6-10-14/h4-6,9-10,13,15H,7-8,11-12,17H2,1-3H3,(H,18,20). The lowest BCUT2D eigenvalue weighted by Crippen LogP contribution is -2.38. The van der Waals surface area contributed by atoms with Gasteiger partial charge in [-0.1, -0.05) is 37.3 Å². The Labute approximate surface area is 122 Å². The summed E-state index contributed by atoms with van der Waals surface area (Å²) in [7, 11) is 4.03. The van der Waals surface area contributed by atoms with E-state index in [1.165, 1.54) is 0 Å². The number of carbonyl (C=O) groups excluding carboxylic acids is 1. The molecule has 1 rings (SSSR count). The van der Waals surface area contributed by atoms with Crippen LogP contribution in [0.25, 0.3) is 0 Å². The van der Waals surface area contributed by atoms with Gasteiger partial charge in [-0.15, -0.1) is 0 Å². The molecule has 0 heterocycles. The zero-order valence-corrected chi connectivity index (χ0v) is 12.8. The molecule has 0 radical (unpaired) electrons. The van der Waals surface area contributed by atoms with Crippen LogP contribution in [-0.4, -0.2) is 38.0 Å². The molecular weight excluding hydrogens is 250 g/mol. The van der Waals surface area contributed by atoms with Gasteiger partial charge in [0.05, 0.1) is 6.04 Å². The number of nitrogens with two attached hydrogens (primary N) is 1.